The summed E-state index contributed by atoms with van der Waals surface area (Å²) in [5.74, 6) is 0.219. The van der Waals surface area contributed by atoms with Crippen LogP contribution in [0.5, 0.6) is 0 Å². The maximum atomic E-state index is 12.6. The third-order valence-electron chi connectivity index (χ3n) is 5.17. The van der Waals surface area contributed by atoms with E-state index < -0.39 is 0 Å². The second kappa shape index (κ2) is 4.53. The molecule has 1 aliphatic heterocycles. The molecule has 1 heterocycles. The zero-order valence-corrected chi connectivity index (χ0v) is 11.7. The summed E-state index contributed by atoms with van der Waals surface area (Å²) in [5, 5.41) is 0. The average molecular weight is 282 g/mol. The van der Waals surface area contributed by atoms with E-state index in [1.54, 1.807) is 0 Å². The molecule has 5 unspecified atom stereocenters. The van der Waals surface area contributed by atoms with Crippen LogP contribution in [-0.2, 0) is 9.59 Å². The maximum absolute atomic E-state index is 12.6. The van der Waals surface area contributed by atoms with Gasteiger partial charge in [-0.2, -0.15) is 0 Å². The van der Waals surface area contributed by atoms with Crippen LogP contribution >= 0.6 is 0 Å². The average Bonchev–Trinajstić information content (AvgIpc) is 3.18. The van der Waals surface area contributed by atoms with Gasteiger partial charge in [0, 0.05) is 12.6 Å². The van der Waals surface area contributed by atoms with Gasteiger partial charge in [-0.25, -0.2) is 0 Å². The van der Waals surface area contributed by atoms with Crippen molar-refractivity contribution >= 4 is 11.8 Å². The Balaban J connectivity index is 1.55. The van der Waals surface area contributed by atoms with Crippen molar-refractivity contribution in [3.05, 3.63) is 48.0 Å². The lowest BCUT2D eigenvalue weighted by atomic mass is 9.85. The molecule has 2 fully saturated rings. The van der Waals surface area contributed by atoms with E-state index >= 15 is 0 Å². The predicted molar refractivity (Wildman–Crippen MR) is 77.8 cm³/mol. The zero-order valence-electron chi connectivity index (χ0n) is 11.7. The smallest absolute Gasteiger partial charge is 0.233 e. The van der Waals surface area contributed by atoms with E-state index in [1.165, 1.54) is 4.90 Å². The number of carbonyl (C=O) groups excluding carboxylic acids is 2. The summed E-state index contributed by atoms with van der Waals surface area (Å²) in [6.07, 6.45) is 5.18. The molecular weight excluding hydrogens is 264 g/mol. The van der Waals surface area contributed by atoms with Gasteiger partial charge in [0.15, 0.2) is 0 Å². The molecule has 3 aliphatic rings. The Bertz CT molecular complexity index is 595. The standard InChI is InChI=1S/C17H18N2O2/c18-13(10-4-2-1-3-5-10)9-19-16(20)14-11-6-7-12(8-11)15(14)17(19)21/h1-7,11-15H,8-9,18H2. The highest BCUT2D eigenvalue weighted by molar-refractivity contribution is 6.06. The van der Waals surface area contributed by atoms with E-state index in [1.807, 2.05) is 30.3 Å². The molecule has 2 N–H and O–H groups in total. The first-order valence-corrected chi connectivity index (χ1v) is 7.51. The second-order valence-corrected chi connectivity index (χ2v) is 6.30. The summed E-state index contributed by atoms with van der Waals surface area (Å²) in [7, 11) is 0. The first-order valence-electron chi connectivity index (χ1n) is 7.51. The lowest BCUT2D eigenvalue weighted by Gasteiger charge is -2.21. The van der Waals surface area contributed by atoms with Crippen LogP contribution in [0.3, 0.4) is 0 Å². The molecule has 0 radical (unpaired) electrons. The number of rotatable bonds is 3. The summed E-state index contributed by atoms with van der Waals surface area (Å²) in [4.78, 5) is 26.5. The Hall–Kier alpha value is -1.94. The van der Waals surface area contributed by atoms with Gasteiger partial charge in [0.1, 0.15) is 0 Å². The highest BCUT2D eigenvalue weighted by Gasteiger charge is 2.59. The van der Waals surface area contributed by atoms with Crippen molar-refractivity contribution in [2.45, 2.75) is 12.5 Å². The summed E-state index contributed by atoms with van der Waals surface area (Å²) in [6, 6.07) is 9.31. The summed E-state index contributed by atoms with van der Waals surface area (Å²) in [6.45, 7) is 0.286. The number of hydrogen-bond donors (Lipinski definition) is 1. The van der Waals surface area contributed by atoms with Crippen LogP contribution in [0.4, 0.5) is 0 Å². The molecule has 1 aromatic rings. The van der Waals surface area contributed by atoms with Crippen molar-refractivity contribution in [3.8, 4) is 0 Å². The number of likely N-dealkylation sites (tertiary alicyclic amines) is 1. The fourth-order valence-corrected chi connectivity index (χ4v) is 4.15. The lowest BCUT2D eigenvalue weighted by molar-refractivity contribution is -0.141. The minimum atomic E-state index is -0.316. The molecule has 1 aromatic carbocycles. The molecule has 0 aromatic heterocycles. The third kappa shape index (κ3) is 1.79. The summed E-state index contributed by atoms with van der Waals surface area (Å²) < 4.78 is 0. The van der Waals surface area contributed by atoms with Crippen molar-refractivity contribution in [2.75, 3.05) is 6.54 Å². The monoisotopic (exact) mass is 282 g/mol. The Labute approximate surface area is 123 Å². The quantitative estimate of drug-likeness (QED) is 0.675. The minimum absolute atomic E-state index is 0.0202. The molecule has 21 heavy (non-hydrogen) atoms. The Morgan fingerprint density at radius 3 is 2.19 bits per heavy atom. The molecule has 4 heteroatoms. The highest BCUT2D eigenvalue weighted by atomic mass is 16.2. The molecule has 1 saturated heterocycles. The van der Waals surface area contributed by atoms with E-state index in [-0.39, 0.29) is 48.1 Å². The predicted octanol–water partition coefficient (Wildman–Crippen LogP) is 1.49. The number of benzene rings is 1. The van der Waals surface area contributed by atoms with Gasteiger partial charge < -0.3 is 5.73 Å². The van der Waals surface area contributed by atoms with Crippen molar-refractivity contribution in [1.29, 1.82) is 0 Å². The van der Waals surface area contributed by atoms with Gasteiger partial charge in [-0.15, -0.1) is 0 Å². The number of nitrogens with two attached hydrogens (primary N) is 1. The number of hydrogen-bond acceptors (Lipinski definition) is 3. The van der Waals surface area contributed by atoms with Crippen molar-refractivity contribution in [2.24, 2.45) is 29.4 Å². The van der Waals surface area contributed by atoms with E-state index in [4.69, 9.17) is 5.73 Å². The molecule has 2 aliphatic carbocycles. The maximum Gasteiger partial charge on any atom is 0.233 e. The van der Waals surface area contributed by atoms with Crippen LogP contribution in [-0.4, -0.2) is 23.3 Å². The molecule has 0 spiro atoms. The second-order valence-electron chi connectivity index (χ2n) is 6.30. The molecule has 4 rings (SSSR count). The van der Waals surface area contributed by atoms with Gasteiger partial charge in [-0.1, -0.05) is 42.5 Å². The van der Waals surface area contributed by atoms with Crippen LogP contribution in [0.1, 0.15) is 18.0 Å². The number of nitrogens with zero attached hydrogens (tertiary/aromatic N) is 1. The van der Waals surface area contributed by atoms with Crippen LogP contribution in [0.15, 0.2) is 42.5 Å². The molecule has 2 bridgehead atoms. The van der Waals surface area contributed by atoms with Gasteiger partial charge in [0.2, 0.25) is 11.8 Å². The Morgan fingerprint density at radius 2 is 1.62 bits per heavy atom. The van der Waals surface area contributed by atoms with E-state index in [2.05, 4.69) is 12.2 Å². The van der Waals surface area contributed by atoms with Crippen LogP contribution in [0, 0.1) is 23.7 Å². The number of carbonyl (C=O) groups is 2. The molecule has 108 valence electrons. The van der Waals surface area contributed by atoms with Gasteiger partial charge in [0.05, 0.1) is 11.8 Å². The minimum Gasteiger partial charge on any atom is -0.322 e. The number of fused-ring (bicyclic) bond motifs is 5. The Kier molecular flexibility index (Phi) is 2.76. The van der Waals surface area contributed by atoms with Crippen molar-refractivity contribution < 1.29 is 9.59 Å². The van der Waals surface area contributed by atoms with Gasteiger partial charge >= 0.3 is 0 Å². The number of amides is 2. The largest absolute Gasteiger partial charge is 0.322 e. The fourth-order valence-electron chi connectivity index (χ4n) is 4.15. The normalized spacial score (nSPS) is 34.6. The van der Waals surface area contributed by atoms with E-state index in [0.29, 0.717) is 0 Å². The van der Waals surface area contributed by atoms with Crippen LogP contribution < -0.4 is 5.73 Å². The first kappa shape index (κ1) is 12.8. The first-order chi connectivity index (χ1) is 10.2. The van der Waals surface area contributed by atoms with Crippen LogP contribution in [0.2, 0.25) is 0 Å². The SMILES string of the molecule is NC(CN1C(=O)C2C3C=CC(C3)C2C1=O)c1ccccc1. The highest BCUT2D eigenvalue weighted by Crippen LogP contribution is 2.52. The van der Waals surface area contributed by atoms with Gasteiger partial charge in [-0.05, 0) is 23.8 Å². The fraction of sp³-hybridized carbons (Fsp3) is 0.412. The molecular formula is C17H18N2O2. The van der Waals surface area contributed by atoms with Gasteiger partial charge in [0.25, 0.3) is 0 Å². The molecule has 1 saturated carbocycles. The number of imide groups is 1. The van der Waals surface area contributed by atoms with Crippen molar-refractivity contribution in [1.82, 2.24) is 4.90 Å². The van der Waals surface area contributed by atoms with Gasteiger partial charge in [-0.3, -0.25) is 14.5 Å². The van der Waals surface area contributed by atoms with Crippen LogP contribution in [0.25, 0.3) is 0 Å². The molecule has 2 amide bonds. The topological polar surface area (TPSA) is 63.4 Å². The van der Waals surface area contributed by atoms with E-state index in [0.717, 1.165) is 12.0 Å². The summed E-state index contributed by atoms with van der Waals surface area (Å²) in [5.41, 5.74) is 7.13. The number of allylic oxidation sites excluding steroid dienone is 2. The summed E-state index contributed by atoms with van der Waals surface area (Å²) >= 11 is 0. The van der Waals surface area contributed by atoms with Crippen molar-refractivity contribution in [3.63, 3.8) is 0 Å². The third-order valence-corrected chi connectivity index (χ3v) is 5.17. The molecule has 4 nitrogen and oxygen atoms in total. The zero-order chi connectivity index (χ0) is 14.6. The van der Waals surface area contributed by atoms with E-state index in [9.17, 15) is 9.59 Å². The Morgan fingerprint density at radius 1 is 1.05 bits per heavy atom. The molecule has 5 atom stereocenters. The lowest BCUT2D eigenvalue weighted by Crippen LogP contribution is -2.38.